The Bertz CT molecular complexity index is 710. The van der Waals surface area contributed by atoms with Crippen molar-refractivity contribution in [1.29, 1.82) is 0 Å². The van der Waals surface area contributed by atoms with Gasteiger partial charge < -0.3 is 23.5 Å². The van der Waals surface area contributed by atoms with Gasteiger partial charge in [0.05, 0.1) is 43.2 Å². The molecule has 192 valence electrons. The van der Waals surface area contributed by atoms with Gasteiger partial charge in [0.2, 0.25) is 0 Å². The zero-order valence-corrected chi connectivity index (χ0v) is 24.6. The molecule has 0 aliphatic carbocycles. The third-order valence-electron chi connectivity index (χ3n) is 5.25. The van der Waals surface area contributed by atoms with Crippen molar-refractivity contribution >= 4 is 10.1 Å². The first kappa shape index (κ1) is 33.8. The normalized spacial score (nSPS) is 13.5. The van der Waals surface area contributed by atoms with Crippen molar-refractivity contribution in [3.63, 3.8) is 0 Å². The largest absolute Gasteiger partial charge is 1.00 e. The van der Waals surface area contributed by atoms with E-state index in [1.807, 2.05) is 12.1 Å². The number of hydrogen-bond acceptors (Lipinski definition) is 7. The summed E-state index contributed by atoms with van der Waals surface area (Å²) in [6, 6.07) is 8.37. The molecule has 0 aliphatic rings. The van der Waals surface area contributed by atoms with Gasteiger partial charge in [0.25, 0.3) is 0 Å². The van der Waals surface area contributed by atoms with Crippen molar-refractivity contribution in [2.75, 3.05) is 52.0 Å². The Labute approximate surface area is 229 Å². The Morgan fingerprint density at radius 1 is 0.765 bits per heavy atom. The van der Waals surface area contributed by atoms with Crippen LogP contribution in [0.3, 0.4) is 0 Å². The van der Waals surface area contributed by atoms with Crippen LogP contribution < -0.4 is 34.3 Å². The molecule has 0 aromatic heterocycles. The van der Waals surface area contributed by atoms with Crippen molar-refractivity contribution in [2.24, 2.45) is 11.8 Å². The summed E-state index contributed by atoms with van der Waals surface area (Å²) < 4.78 is 53.3. The number of hydrogen-bond donors (Lipinski definition) is 0. The van der Waals surface area contributed by atoms with E-state index in [9.17, 15) is 13.0 Å². The summed E-state index contributed by atoms with van der Waals surface area (Å²) in [6.45, 7) is 12.4. The third-order valence-corrected chi connectivity index (χ3v) is 6.04. The molecule has 0 aliphatic heterocycles. The minimum atomic E-state index is -4.12. The van der Waals surface area contributed by atoms with Crippen molar-refractivity contribution in [3.8, 4) is 5.75 Å². The van der Waals surface area contributed by atoms with Crippen LogP contribution in [0.15, 0.2) is 24.3 Å². The molecule has 2 unspecified atom stereocenters. The van der Waals surface area contributed by atoms with Crippen LogP contribution in [0.25, 0.3) is 0 Å². The number of benzene rings is 1. The second kappa shape index (κ2) is 19.9. The Morgan fingerprint density at radius 3 is 1.82 bits per heavy atom. The minimum absolute atomic E-state index is 0. The molecule has 0 radical (unpaired) electrons. The maximum atomic E-state index is 10.5. The van der Waals surface area contributed by atoms with E-state index < -0.39 is 10.1 Å². The molecule has 9 heteroatoms. The van der Waals surface area contributed by atoms with Crippen LogP contribution >= 0.6 is 0 Å². The van der Waals surface area contributed by atoms with E-state index in [4.69, 9.17) is 18.9 Å². The Morgan fingerprint density at radius 2 is 1.29 bits per heavy atom. The fraction of sp³-hybridized carbons (Fsp3) is 0.760. The van der Waals surface area contributed by atoms with Gasteiger partial charge in [-0.05, 0) is 61.1 Å². The first-order valence-corrected chi connectivity index (χ1v) is 13.6. The Hall–Kier alpha value is -0.190. The SMILES string of the molecule is CC(C)CC(C)CC(C)c1ccc(OCCOCCOCCOCCCCS(=O)(=O)[O-])cc1.[Na+]. The van der Waals surface area contributed by atoms with Crippen molar-refractivity contribution < 1.29 is 61.5 Å². The fourth-order valence-electron chi connectivity index (χ4n) is 3.78. The van der Waals surface area contributed by atoms with E-state index in [2.05, 4.69) is 39.8 Å². The standard InChI is InChI=1S/C25H44O7S.Na/c1-21(2)19-22(3)20-23(4)24-7-9-25(10-8-24)32-17-16-31-15-14-30-13-12-29-11-5-6-18-33(26,27)28;/h7-10,21-23H,5-6,11-20H2,1-4H3,(H,26,27,28);/q;+1/p-1. The zero-order valence-electron chi connectivity index (χ0n) is 21.8. The van der Waals surface area contributed by atoms with Crippen LogP contribution in [-0.4, -0.2) is 65.0 Å². The molecule has 0 heterocycles. The van der Waals surface area contributed by atoms with Gasteiger partial charge in [-0.2, -0.15) is 0 Å². The van der Waals surface area contributed by atoms with E-state index in [1.165, 1.54) is 18.4 Å². The molecule has 7 nitrogen and oxygen atoms in total. The van der Waals surface area contributed by atoms with E-state index in [0.29, 0.717) is 65.0 Å². The maximum absolute atomic E-state index is 10.5. The van der Waals surface area contributed by atoms with Crippen LogP contribution in [0.2, 0.25) is 0 Å². The van der Waals surface area contributed by atoms with Gasteiger partial charge in [0.1, 0.15) is 12.4 Å². The molecule has 0 N–H and O–H groups in total. The van der Waals surface area contributed by atoms with Crippen LogP contribution in [0.5, 0.6) is 5.75 Å². The summed E-state index contributed by atoms with van der Waals surface area (Å²) in [6.07, 6.45) is 3.34. The van der Waals surface area contributed by atoms with E-state index in [-0.39, 0.29) is 35.3 Å². The average molecular weight is 511 g/mol. The van der Waals surface area contributed by atoms with E-state index in [0.717, 1.165) is 17.6 Å². The molecule has 0 spiro atoms. The molecule has 0 saturated heterocycles. The molecular weight excluding hydrogens is 467 g/mol. The number of ether oxygens (including phenoxy) is 4. The van der Waals surface area contributed by atoms with Gasteiger partial charge in [0, 0.05) is 12.4 Å². The first-order chi connectivity index (χ1) is 15.7. The van der Waals surface area contributed by atoms with Gasteiger partial charge >= 0.3 is 29.6 Å². The fourth-order valence-corrected chi connectivity index (χ4v) is 4.33. The van der Waals surface area contributed by atoms with Gasteiger partial charge in [0.15, 0.2) is 0 Å². The summed E-state index contributed by atoms with van der Waals surface area (Å²) in [4.78, 5) is 0. The average Bonchev–Trinajstić information content (AvgIpc) is 2.73. The molecule has 1 rings (SSSR count). The van der Waals surface area contributed by atoms with Crippen LogP contribution in [0.4, 0.5) is 0 Å². The van der Waals surface area contributed by atoms with Gasteiger partial charge in [-0.15, -0.1) is 0 Å². The van der Waals surface area contributed by atoms with Crippen LogP contribution in [0, 0.1) is 11.8 Å². The zero-order chi connectivity index (χ0) is 24.5. The molecule has 1 aromatic carbocycles. The van der Waals surface area contributed by atoms with Crippen molar-refractivity contribution in [1.82, 2.24) is 0 Å². The quantitative estimate of drug-likeness (QED) is 0.149. The van der Waals surface area contributed by atoms with Gasteiger partial charge in [-0.25, -0.2) is 8.42 Å². The van der Waals surface area contributed by atoms with Crippen molar-refractivity contribution in [3.05, 3.63) is 29.8 Å². The molecule has 0 amide bonds. The maximum Gasteiger partial charge on any atom is 1.00 e. The summed E-state index contributed by atoms with van der Waals surface area (Å²) >= 11 is 0. The van der Waals surface area contributed by atoms with Crippen LogP contribution in [0.1, 0.15) is 64.9 Å². The minimum Gasteiger partial charge on any atom is -0.748 e. The first-order valence-electron chi connectivity index (χ1n) is 12.1. The smallest absolute Gasteiger partial charge is 0.748 e. The monoisotopic (exact) mass is 510 g/mol. The van der Waals surface area contributed by atoms with Crippen molar-refractivity contribution in [2.45, 2.75) is 59.3 Å². The van der Waals surface area contributed by atoms with Gasteiger partial charge in [-0.3, -0.25) is 0 Å². The Kier molecular flexibility index (Phi) is 19.8. The second-order valence-corrected chi connectivity index (χ2v) is 10.6. The van der Waals surface area contributed by atoms with Gasteiger partial charge in [-0.1, -0.05) is 39.8 Å². The molecule has 2 atom stereocenters. The molecule has 0 saturated carbocycles. The topological polar surface area (TPSA) is 94.1 Å². The number of rotatable bonds is 20. The van der Waals surface area contributed by atoms with Crippen LogP contribution in [-0.2, 0) is 24.3 Å². The number of unbranched alkanes of at least 4 members (excludes halogenated alkanes) is 1. The third kappa shape index (κ3) is 19.1. The predicted octanol–water partition coefficient (Wildman–Crippen LogP) is 1.62. The van der Waals surface area contributed by atoms with E-state index >= 15 is 0 Å². The summed E-state index contributed by atoms with van der Waals surface area (Å²) in [5.74, 6) is 2.54. The summed E-state index contributed by atoms with van der Waals surface area (Å²) in [7, 11) is -4.12. The predicted molar refractivity (Wildman–Crippen MR) is 130 cm³/mol. The summed E-state index contributed by atoms with van der Waals surface area (Å²) in [5, 5.41) is 0. The molecule has 0 fully saturated rings. The molecule has 1 aromatic rings. The molecule has 0 bridgehead atoms. The molecular formula is C25H43NaO7S. The molecule has 34 heavy (non-hydrogen) atoms. The second-order valence-electron chi connectivity index (χ2n) is 9.09. The van der Waals surface area contributed by atoms with E-state index in [1.54, 1.807) is 0 Å². The Balaban J connectivity index is 0.0000109. The summed E-state index contributed by atoms with van der Waals surface area (Å²) in [5.41, 5.74) is 1.35.